The number of benzene rings is 3. The predicted octanol–water partition coefficient (Wildman–Crippen LogP) is 5.52. The lowest BCUT2D eigenvalue weighted by molar-refractivity contribution is -0.130. The smallest absolute Gasteiger partial charge is 0.290 e. The van der Waals surface area contributed by atoms with Crippen LogP contribution in [-0.4, -0.2) is 30.1 Å². The van der Waals surface area contributed by atoms with Crippen LogP contribution in [0, 0.1) is 0 Å². The molecule has 1 aliphatic heterocycles. The zero-order valence-corrected chi connectivity index (χ0v) is 18.8. The minimum absolute atomic E-state index is 0.245. The van der Waals surface area contributed by atoms with Gasteiger partial charge in [0, 0.05) is 15.6 Å². The molecule has 1 unspecified atom stereocenters. The first-order valence-corrected chi connectivity index (χ1v) is 10.6. The second-order valence-electron chi connectivity index (χ2n) is 7.19. The molecular weight excluding hydrogens is 458 g/mol. The van der Waals surface area contributed by atoms with E-state index in [4.69, 9.17) is 9.47 Å². The Morgan fingerprint density at radius 3 is 2.39 bits per heavy atom. The molecule has 3 aromatic carbocycles. The van der Waals surface area contributed by atoms with Crippen molar-refractivity contribution in [1.29, 1.82) is 0 Å². The summed E-state index contributed by atoms with van der Waals surface area (Å²) in [7, 11) is 3.21. The second kappa shape index (κ2) is 8.86. The van der Waals surface area contributed by atoms with E-state index in [0.29, 0.717) is 23.6 Å². The Balaban J connectivity index is 1.82. The molecule has 0 aliphatic carbocycles. The maximum Gasteiger partial charge on any atom is 0.290 e. The molecule has 1 heterocycles. The van der Waals surface area contributed by atoms with Crippen LogP contribution in [0.4, 0.5) is 0 Å². The Kier molecular flexibility index (Phi) is 6.00. The van der Waals surface area contributed by atoms with Crippen molar-refractivity contribution in [3.05, 3.63) is 99.7 Å². The average molecular weight is 480 g/mol. The monoisotopic (exact) mass is 479 g/mol. The van der Waals surface area contributed by atoms with Crippen LogP contribution in [0.25, 0.3) is 5.57 Å². The van der Waals surface area contributed by atoms with Gasteiger partial charge in [-0.05, 0) is 41.5 Å². The Morgan fingerprint density at radius 2 is 1.71 bits per heavy atom. The van der Waals surface area contributed by atoms with E-state index in [1.165, 1.54) is 0 Å². The zero-order chi connectivity index (χ0) is 22.0. The van der Waals surface area contributed by atoms with Crippen molar-refractivity contribution in [2.24, 2.45) is 0 Å². The van der Waals surface area contributed by atoms with Crippen molar-refractivity contribution in [3.63, 3.8) is 0 Å². The molecule has 1 atom stereocenters. The molecule has 0 spiro atoms. The molecule has 0 bridgehead atoms. The van der Waals surface area contributed by atoms with E-state index in [9.17, 15) is 9.90 Å². The van der Waals surface area contributed by atoms with Crippen molar-refractivity contribution in [1.82, 2.24) is 4.90 Å². The van der Waals surface area contributed by atoms with Crippen LogP contribution in [0.2, 0.25) is 0 Å². The first-order chi connectivity index (χ1) is 15.0. The molecule has 0 saturated heterocycles. The van der Waals surface area contributed by atoms with Crippen molar-refractivity contribution in [3.8, 4) is 11.5 Å². The summed E-state index contributed by atoms with van der Waals surface area (Å²) in [5.74, 6) is 0.741. The molecule has 6 heteroatoms. The van der Waals surface area contributed by atoms with E-state index in [2.05, 4.69) is 15.9 Å². The van der Waals surface area contributed by atoms with E-state index in [0.717, 1.165) is 21.2 Å². The number of hydrogen-bond acceptors (Lipinski definition) is 4. The minimum Gasteiger partial charge on any atom is -0.503 e. The van der Waals surface area contributed by atoms with Crippen molar-refractivity contribution >= 4 is 27.4 Å². The largest absolute Gasteiger partial charge is 0.503 e. The van der Waals surface area contributed by atoms with Crippen molar-refractivity contribution < 1.29 is 19.4 Å². The van der Waals surface area contributed by atoms with Gasteiger partial charge in [0.05, 0.1) is 26.8 Å². The molecule has 158 valence electrons. The lowest BCUT2D eigenvalue weighted by Crippen LogP contribution is -2.30. The molecule has 4 rings (SSSR count). The van der Waals surface area contributed by atoms with E-state index >= 15 is 0 Å². The zero-order valence-electron chi connectivity index (χ0n) is 17.2. The normalized spacial score (nSPS) is 16.0. The molecule has 1 aliphatic rings. The summed E-state index contributed by atoms with van der Waals surface area (Å²) in [6.07, 6.45) is 0. The summed E-state index contributed by atoms with van der Waals surface area (Å²) < 4.78 is 11.6. The highest BCUT2D eigenvalue weighted by Crippen LogP contribution is 2.44. The number of carbonyl (C=O) groups excluding carboxylic acids is 1. The molecule has 0 aromatic heterocycles. The summed E-state index contributed by atoms with van der Waals surface area (Å²) in [4.78, 5) is 14.9. The Hall–Kier alpha value is -3.25. The summed E-state index contributed by atoms with van der Waals surface area (Å²) in [5.41, 5.74) is 3.09. The molecule has 3 aromatic rings. The molecule has 0 radical (unpaired) electrons. The fraction of sp³-hybridized carbons (Fsp3) is 0.160. The van der Waals surface area contributed by atoms with Gasteiger partial charge in [0.15, 0.2) is 5.76 Å². The predicted molar refractivity (Wildman–Crippen MR) is 123 cm³/mol. The number of halogens is 1. The van der Waals surface area contributed by atoms with Gasteiger partial charge in [0.25, 0.3) is 5.91 Å². The van der Waals surface area contributed by atoms with Crippen molar-refractivity contribution in [2.45, 2.75) is 12.6 Å². The number of methoxy groups -OCH3 is 2. The molecule has 31 heavy (non-hydrogen) atoms. The summed E-state index contributed by atoms with van der Waals surface area (Å²) >= 11 is 3.53. The Labute approximate surface area is 189 Å². The highest BCUT2D eigenvalue weighted by atomic mass is 79.9. The van der Waals surface area contributed by atoms with Crippen molar-refractivity contribution in [2.75, 3.05) is 14.2 Å². The first kappa shape index (κ1) is 21.0. The van der Waals surface area contributed by atoms with Gasteiger partial charge < -0.3 is 19.5 Å². The number of para-hydroxylation sites is 1. The standard InChI is InChI=1S/C25H22BrNO4/c1-30-20-12-10-16(11-13-20)22-23(17-7-5-8-19(26)14-17)27(25(29)24(22)28)15-18-6-3-4-9-21(18)31-2/h3-14,23,28H,15H2,1-2H3. The second-order valence-corrected chi connectivity index (χ2v) is 8.11. The quantitative estimate of drug-likeness (QED) is 0.505. The SMILES string of the molecule is COc1ccc(C2=C(O)C(=O)N(Cc3ccccc3OC)C2c2cccc(Br)c2)cc1. The van der Waals surface area contributed by atoms with Gasteiger partial charge in [-0.2, -0.15) is 0 Å². The van der Waals surface area contributed by atoms with Crippen LogP contribution in [-0.2, 0) is 11.3 Å². The third-order valence-corrected chi connectivity index (χ3v) is 5.90. The Morgan fingerprint density at radius 1 is 0.968 bits per heavy atom. The number of carbonyl (C=O) groups is 1. The number of amides is 1. The molecule has 0 saturated carbocycles. The highest BCUT2D eigenvalue weighted by Gasteiger charge is 2.41. The topological polar surface area (TPSA) is 59.0 Å². The van der Waals surface area contributed by atoms with Gasteiger partial charge in [0.1, 0.15) is 11.5 Å². The molecule has 1 N–H and O–H groups in total. The molecule has 1 amide bonds. The molecule has 5 nitrogen and oxygen atoms in total. The summed E-state index contributed by atoms with van der Waals surface area (Å²) in [6.45, 7) is 0.295. The minimum atomic E-state index is -0.455. The van der Waals surface area contributed by atoms with E-state index < -0.39 is 11.9 Å². The van der Waals surface area contributed by atoms with Crippen LogP contribution in [0.5, 0.6) is 11.5 Å². The maximum absolute atomic E-state index is 13.2. The highest BCUT2D eigenvalue weighted by molar-refractivity contribution is 9.10. The average Bonchev–Trinajstić information content (AvgIpc) is 3.04. The van der Waals surface area contributed by atoms with Crippen LogP contribution in [0.1, 0.15) is 22.7 Å². The number of rotatable bonds is 6. The van der Waals surface area contributed by atoms with Crippen LogP contribution >= 0.6 is 15.9 Å². The van der Waals surface area contributed by atoms with Gasteiger partial charge in [-0.15, -0.1) is 0 Å². The molecule has 0 fully saturated rings. The van der Waals surface area contributed by atoms with Gasteiger partial charge in [0.2, 0.25) is 0 Å². The number of aliphatic hydroxyl groups excluding tert-OH is 1. The Bertz CT molecular complexity index is 1140. The number of hydrogen-bond donors (Lipinski definition) is 1. The molecular formula is C25H22BrNO4. The van der Waals surface area contributed by atoms with E-state index in [1.807, 2.05) is 72.8 Å². The van der Waals surface area contributed by atoms with Crippen LogP contribution in [0.3, 0.4) is 0 Å². The van der Waals surface area contributed by atoms with Gasteiger partial charge >= 0.3 is 0 Å². The summed E-state index contributed by atoms with van der Waals surface area (Å²) in [6, 6.07) is 22.3. The number of aliphatic hydroxyl groups is 1. The van der Waals surface area contributed by atoms with Crippen LogP contribution < -0.4 is 9.47 Å². The third kappa shape index (κ3) is 4.03. The van der Waals surface area contributed by atoms with Gasteiger partial charge in [-0.1, -0.05) is 58.4 Å². The third-order valence-electron chi connectivity index (χ3n) is 5.40. The lowest BCUT2D eigenvalue weighted by atomic mass is 9.93. The van der Waals surface area contributed by atoms with E-state index in [1.54, 1.807) is 19.1 Å². The lowest BCUT2D eigenvalue weighted by Gasteiger charge is -2.28. The number of ether oxygens (including phenoxy) is 2. The number of nitrogens with zero attached hydrogens (tertiary/aromatic N) is 1. The fourth-order valence-electron chi connectivity index (χ4n) is 3.92. The fourth-order valence-corrected chi connectivity index (χ4v) is 4.34. The van der Waals surface area contributed by atoms with Gasteiger partial charge in [-0.3, -0.25) is 4.79 Å². The van der Waals surface area contributed by atoms with Gasteiger partial charge in [-0.25, -0.2) is 0 Å². The first-order valence-electron chi connectivity index (χ1n) is 9.79. The van der Waals surface area contributed by atoms with Crippen LogP contribution in [0.15, 0.2) is 83.0 Å². The van der Waals surface area contributed by atoms with E-state index in [-0.39, 0.29) is 5.76 Å². The summed E-state index contributed by atoms with van der Waals surface area (Å²) in [5, 5.41) is 10.9. The maximum atomic E-state index is 13.2.